The van der Waals surface area contributed by atoms with Crippen LogP contribution in [-0.2, 0) is 11.3 Å². The summed E-state index contributed by atoms with van der Waals surface area (Å²) in [4.78, 5) is 15.7. The van der Waals surface area contributed by atoms with Crippen LogP contribution in [0.4, 0.5) is 0 Å². The molecule has 3 heterocycles. The van der Waals surface area contributed by atoms with Crippen LogP contribution in [0.5, 0.6) is 0 Å². The highest BCUT2D eigenvalue weighted by Gasteiger charge is 2.35. The van der Waals surface area contributed by atoms with Crippen molar-refractivity contribution in [3.63, 3.8) is 0 Å². The minimum atomic E-state index is 0.0442. The Labute approximate surface area is 180 Å². The number of hydrogen-bond acceptors (Lipinski definition) is 3. The maximum absolute atomic E-state index is 13.1. The molecule has 2 fully saturated rings. The zero-order valence-electron chi connectivity index (χ0n) is 18.9. The van der Waals surface area contributed by atoms with Gasteiger partial charge in [0.1, 0.15) is 0 Å². The topological polar surface area (TPSA) is 46.5 Å². The maximum atomic E-state index is 13.1. The van der Waals surface area contributed by atoms with E-state index in [1.165, 1.54) is 54.5 Å². The molecule has 0 bridgehead atoms. The fourth-order valence-corrected chi connectivity index (χ4v) is 5.36. The standard InChI is InChI=1S/C25H37N3O2/c1-4-28-20(3)19(2)22-16-21(8-9-23(22)28)24(29)26-17-25(10-14-30-15-11-25)18-27-12-6-5-7-13-27/h8-9,16H,4-7,10-15,17-18H2,1-3H3,(H,26,29). The second-order valence-corrected chi connectivity index (χ2v) is 9.32. The molecule has 1 amide bonds. The molecule has 164 valence electrons. The Kier molecular flexibility index (Phi) is 6.49. The van der Waals surface area contributed by atoms with E-state index in [1.54, 1.807) is 0 Å². The Balaban J connectivity index is 1.48. The summed E-state index contributed by atoms with van der Waals surface area (Å²) < 4.78 is 7.98. The lowest BCUT2D eigenvalue weighted by atomic mass is 9.79. The second-order valence-electron chi connectivity index (χ2n) is 9.32. The highest BCUT2D eigenvalue weighted by molar-refractivity contribution is 5.99. The molecule has 0 spiro atoms. The van der Waals surface area contributed by atoms with Gasteiger partial charge < -0.3 is 19.5 Å². The van der Waals surface area contributed by atoms with E-state index in [0.29, 0.717) is 0 Å². The van der Waals surface area contributed by atoms with Crippen LogP contribution in [0, 0.1) is 19.3 Å². The second kappa shape index (κ2) is 9.11. The molecule has 30 heavy (non-hydrogen) atoms. The van der Waals surface area contributed by atoms with E-state index in [1.807, 2.05) is 6.07 Å². The zero-order valence-corrected chi connectivity index (χ0v) is 18.9. The smallest absolute Gasteiger partial charge is 0.251 e. The fourth-order valence-electron chi connectivity index (χ4n) is 5.36. The monoisotopic (exact) mass is 411 g/mol. The summed E-state index contributed by atoms with van der Waals surface area (Å²) in [7, 11) is 0. The average molecular weight is 412 g/mol. The van der Waals surface area contributed by atoms with Gasteiger partial charge in [0, 0.05) is 60.4 Å². The molecule has 0 unspecified atom stereocenters. The predicted molar refractivity (Wildman–Crippen MR) is 122 cm³/mol. The van der Waals surface area contributed by atoms with Crippen LogP contribution in [0.1, 0.15) is 60.6 Å². The highest BCUT2D eigenvalue weighted by Crippen LogP contribution is 2.32. The van der Waals surface area contributed by atoms with E-state index in [4.69, 9.17) is 4.74 Å². The van der Waals surface area contributed by atoms with Gasteiger partial charge in [-0.25, -0.2) is 0 Å². The molecule has 5 nitrogen and oxygen atoms in total. The number of carbonyl (C=O) groups is 1. The minimum Gasteiger partial charge on any atom is -0.381 e. The largest absolute Gasteiger partial charge is 0.381 e. The summed E-state index contributed by atoms with van der Waals surface area (Å²) >= 11 is 0. The fraction of sp³-hybridized carbons (Fsp3) is 0.640. The summed E-state index contributed by atoms with van der Waals surface area (Å²) in [6.45, 7) is 13.2. The number of fused-ring (bicyclic) bond motifs is 1. The minimum absolute atomic E-state index is 0.0442. The van der Waals surface area contributed by atoms with Crippen molar-refractivity contribution in [3.05, 3.63) is 35.0 Å². The van der Waals surface area contributed by atoms with E-state index >= 15 is 0 Å². The number of hydrogen-bond donors (Lipinski definition) is 1. The van der Waals surface area contributed by atoms with Gasteiger partial charge in [-0.05, 0) is 83.3 Å². The maximum Gasteiger partial charge on any atom is 0.251 e. The number of nitrogens with one attached hydrogen (secondary N) is 1. The zero-order chi connectivity index (χ0) is 21.1. The average Bonchev–Trinajstić information content (AvgIpc) is 3.02. The Morgan fingerprint density at radius 1 is 1.13 bits per heavy atom. The van der Waals surface area contributed by atoms with Crippen LogP contribution >= 0.6 is 0 Å². The molecule has 2 saturated heterocycles. The van der Waals surface area contributed by atoms with Gasteiger partial charge in [-0.3, -0.25) is 4.79 Å². The lowest BCUT2D eigenvalue weighted by Gasteiger charge is -2.42. The molecule has 0 radical (unpaired) electrons. The summed E-state index contributed by atoms with van der Waals surface area (Å²) in [5.41, 5.74) is 4.67. The van der Waals surface area contributed by atoms with E-state index in [0.717, 1.165) is 51.3 Å². The highest BCUT2D eigenvalue weighted by atomic mass is 16.5. The molecular formula is C25H37N3O2. The molecule has 0 aliphatic carbocycles. The first-order chi connectivity index (χ1) is 14.5. The van der Waals surface area contributed by atoms with Crippen LogP contribution < -0.4 is 5.32 Å². The van der Waals surface area contributed by atoms with Crippen molar-refractivity contribution in [2.24, 2.45) is 5.41 Å². The van der Waals surface area contributed by atoms with E-state index in [2.05, 4.69) is 47.7 Å². The number of aryl methyl sites for hydroxylation is 2. The van der Waals surface area contributed by atoms with Crippen LogP contribution in [0.15, 0.2) is 18.2 Å². The van der Waals surface area contributed by atoms with Crippen LogP contribution in [0.3, 0.4) is 0 Å². The summed E-state index contributed by atoms with van der Waals surface area (Å²) in [5, 5.41) is 4.48. The molecule has 2 aliphatic heterocycles. The van der Waals surface area contributed by atoms with Crippen molar-refractivity contribution in [1.82, 2.24) is 14.8 Å². The van der Waals surface area contributed by atoms with Gasteiger partial charge in [-0.15, -0.1) is 0 Å². The first-order valence-corrected chi connectivity index (χ1v) is 11.7. The summed E-state index contributed by atoms with van der Waals surface area (Å²) in [6, 6.07) is 6.15. The molecule has 1 aromatic heterocycles. The quantitative estimate of drug-likeness (QED) is 0.771. The molecule has 0 saturated carbocycles. The number of benzene rings is 1. The number of aromatic nitrogens is 1. The number of amides is 1. The van der Waals surface area contributed by atoms with Crippen LogP contribution in [0.25, 0.3) is 10.9 Å². The number of rotatable bonds is 6. The predicted octanol–water partition coefficient (Wildman–Crippen LogP) is 4.29. The van der Waals surface area contributed by atoms with Crippen LogP contribution in [0.2, 0.25) is 0 Å². The van der Waals surface area contributed by atoms with E-state index in [-0.39, 0.29) is 11.3 Å². The van der Waals surface area contributed by atoms with Crippen molar-refractivity contribution >= 4 is 16.8 Å². The van der Waals surface area contributed by atoms with E-state index < -0.39 is 0 Å². The number of nitrogens with zero attached hydrogens (tertiary/aromatic N) is 2. The normalized spacial score (nSPS) is 19.8. The van der Waals surface area contributed by atoms with E-state index in [9.17, 15) is 4.79 Å². The Morgan fingerprint density at radius 3 is 2.57 bits per heavy atom. The van der Waals surface area contributed by atoms with Crippen molar-refractivity contribution in [1.29, 1.82) is 0 Å². The summed E-state index contributed by atoms with van der Waals surface area (Å²) in [6.07, 6.45) is 6.01. The third kappa shape index (κ3) is 4.28. The Bertz CT molecular complexity index is 889. The van der Waals surface area contributed by atoms with Gasteiger partial charge in [-0.1, -0.05) is 6.42 Å². The Morgan fingerprint density at radius 2 is 1.87 bits per heavy atom. The first kappa shape index (κ1) is 21.4. The summed E-state index contributed by atoms with van der Waals surface area (Å²) in [5.74, 6) is 0.0442. The van der Waals surface area contributed by atoms with Gasteiger partial charge in [0.05, 0.1) is 0 Å². The first-order valence-electron chi connectivity index (χ1n) is 11.7. The van der Waals surface area contributed by atoms with Gasteiger partial charge in [-0.2, -0.15) is 0 Å². The number of ether oxygens (including phenoxy) is 1. The molecular weight excluding hydrogens is 374 g/mol. The SMILES string of the molecule is CCn1c(C)c(C)c2cc(C(=O)NCC3(CN4CCCCC4)CCOCC3)ccc21. The molecule has 5 heteroatoms. The molecule has 0 atom stereocenters. The third-order valence-corrected chi connectivity index (χ3v) is 7.40. The molecule has 1 aromatic carbocycles. The number of carbonyl (C=O) groups excluding carboxylic acids is 1. The Hall–Kier alpha value is -1.85. The molecule has 1 N–H and O–H groups in total. The lowest BCUT2D eigenvalue weighted by Crippen LogP contribution is -2.49. The lowest BCUT2D eigenvalue weighted by molar-refractivity contribution is -0.00671. The van der Waals surface area contributed by atoms with Gasteiger partial charge in [0.15, 0.2) is 0 Å². The molecule has 4 rings (SSSR count). The van der Waals surface area contributed by atoms with Crippen molar-refractivity contribution < 1.29 is 9.53 Å². The van der Waals surface area contributed by atoms with Crippen molar-refractivity contribution in [2.75, 3.05) is 39.4 Å². The van der Waals surface area contributed by atoms with Crippen molar-refractivity contribution in [3.8, 4) is 0 Å². The van der Waals surface area contributed by atoms with Gasteiger partial charge in [0.2, 0.25) is 0 Å². The van der Waals surface area contributed by atoms with Gasteiger partial charge in [0.25, 0.3) is 5.91 Å². The van der Waals surface area contributed by atoms with Crippen LogP contribution in [-0.4, -0.2) is 54.8 Å². The molecule has 2 aliphatic rings. The van der Waals surface area contributed by atoms with Crippen molar-refractivity contribution in [2.45, 2.75) is 59.4 Å². The van der Waals surface area contributed by atoms with Gasteiger partial charge >= 0.3 is 0 Å². The number of piperidine rings is 1. The molecule has 2 aromatic rings. The third-order valence-electron chi connectivity index (χ3n) is 7.40. The number of likely N-dealkylation sites (tertiary alicyclic amines) is 1.